The largest absolute Gasteiger partial charge is 0.497 e. The number of hydrogen-bond acceptors (Lipinski definition) is 2. The Hall–Kier alpha value is -1.71. The van der Waals surface area contributed by atoms with E-state index in [2.05, 4.69) is 56.4 Å². The van der Waals surface area contributed by atoms with Crippen LogP contribution in [0.1, 0.15) is 20.3 Å². The van der Waals surface area contributed by atoms with E-state index in [9.17, 15) is 0 Å². The molecule has 25 heavy (non-hydrogen) atoms. The molecule has 0 amide bonds. The average Bonchev–Trinajstić information content (AvgIpc) is 2.66. The minimum atomic E-state index is 0.588. The van der Waals surface area contributed by atoms with E-state index < -0.39 is 0 Å². The summed E-state index contributed by atoms with van der Waals surface area (Å²) in [6.07, 6.45) is 16.5. The number of thiol groups is 1. The van der Waals surface area contributed by atoms with Gasteiger partial charge in [-0.05, 0) is 36.8 Å². The first-order chi connectivity index (χ1) is 12.2. The lowest BCUT2D eigenvalue weighted by Crippen LogP contribution is -2.18. The van der Waals surface area contributed by atoms with Crippen LogP contribution in [-0.4, -0.2) is 26.1 Å². The van der Waals surface area contributed by atoms with Gasteiger partial charge in [-0.2, -0.15) is 0 Å². The molecule has 1 aliphatic carbocycles. The van der Waals surface area contributed by atoms with Crippen LogP contribution in [0.5, 0.6) is 5.75 Å². The molecule has 2 atom stereocenters. The Morgan fingerprint density at radius 1 is 1.12 bits per heavy atom. The highest BCUT2D eigenvalue weighted by Gasteiger charge is 2.22. The van der Waals surface area contributed by atoms with Gasteiger partial charge in [0.25, 0.3) is 0 Å². The fraction of sp³-hybridized carbons (Fsp3) is 0.364. The van der Waals surface area contributed by atoms with Crippen molar-refractivity contribution in [3.05, 3.63) is 77.8 Å². The van der Waals surface area contributed by atoms with E-state index in [0.29, 0.717) is 17.8 Å². The fourth-order valence-corrected chi connectivity index (χ4v) is 3.40. The summed E-state index contributed by atoms with van der Waals surface area (Å²) in [5, 5.41) is 0.588. The molecule has 1 aromatic rings. The van der Waals surface area contributed by atoms with Crippen molar-refractivity contribution in [1.82, 2.24) is 0 Å². The first-order valence-corrected chi connectivity index (χ1v) is 9.68. The Balaban J connectivity index is 0.000000324. The van der Waals surface area contributed by atoms with E-state index >= 15 is 0 Å². The number of methoxy groups -OCH3 is 2. The van der Waals surface area contributed by atoms with E-state index in [4.69, 9.17) is 9.47 Å². The van der Waals surface area contributed by atoms with Crippen LogP contribution in [0.25, 0.3) is 0 Å². The first kappa shape index (κ1) is 21.3. The molecule has 2 rings (SSSR count). The van der Waals surface area contributed by atoms with E-state index in [1.165, 1.54) is 16.7 Å². The summed E-state index contributed by atoms with van der Waals surface area (Å²) in [5.74, 6) is 1.52. The highest BCUT2D eigenvalue weighted by molar-refractivity contribution is 7.83. The summed E-state index contributed by atoms with van der Waals surface area (Å²) in [6.45, 7) is 5.12. The van der Waals surface area contributed by atoms with Gasteiger partial charge in [0.15, 0.2) is 4.91 Å². The van der Waals surface area contributed by atoms with E-state index in [-0.39, 0.29) is 0 Å². The Bertz CT molecular complexity index is 573. The Morgan fingerprint density at radius 2 is 1.84 bits per heavy atom. The quantitative estimate of drug-likeness (QED) is 0.382. The second-order valence-corrected chi connectivity index (χ2v) is 7.03. The monoisotopic (exact) mass is 359 g/mol. The second kappa shape index (κ2) is 13.6. The summed E-state index contributed by atoms with van der Waals surface area (Å²) in [6, 6.07) is 9.68. The van der Waals surface area contributed by atoms with E-state index in [1.807, 2.05) is 30.3 Å². The SMILES string of the molecule is CC/C=C\C(=C/COC)[SH+]C1C=CC=CC1C.COc1ccccc1. The van der Waals surface area contributed by atoms with Crippen molar-refractivity contribution < 1.29 is 9.47 Å². The molecule has 1 aliphatic rings. The van der Waals surface area contributed by atoms with Crippen LogP contribution >= 0.6 is 0 Å². The van der Waals surface area contributed by atoms with Gasteiger partial charge in [-0.3, -0.25) is 0 Å². The highest BCUT2D eigenvalue weighted by Crippen LogP contribution is 2.19. The zero-order valence-electron chi connectivity index (χ0n) is 15.8. The van der Waals surface area contributed by atoms with Gasteiger partial charge in [-0.25, -0.2) is 0 Å². The van der Waals surface area contributed by atoms with Gasteiger partial charge < -0.3 is 9.47 Å². The third kappa shape index (κ3) is 9.37. The molecule has 0 aliphatic heterocycles. The van der Waals surface area contributed by atoms with Crippen molar-refractivity contribution in [2.75, 3.05) is 20.8 Å². The van der Waals surface area contributed by atoms with Gasteiger partial charge in [-0.15, -0.1) is 0 Å². The lowest BCUT2D eigenvalue weighted by molar-refractivity contribution is 0.233. The van der Waals surface area contributed by atoms with Crippen molar-refractivity contribution in [1.29, 1.82) is 0 Å². The maximum Gasteiger partial charge on any atom is 0.151 e. The maximum absolute atomic E-state index is 5.12. The van der Waals surface area contributed by atoms with Gasteiger partial charge in [0.2, 0.25) is 0 Å². The number of benzene rings is 1. The molecule has 2 nitrogen and oxygen atoms in total. The Kier molecular flexibility index (Phi) is 11.6. The van der Waals surface area contributed by atoms with E-state index in [1.54, 1.807) is 14.2 Å². The number of para-hydroxylation sites is 1. The van der Waals surface area contributed by atoms with Gasteiger partial charge in [0, 0.05) is 24.8 Å². The number of hydrogen-bond donors (Lipinski definition) is 0. The third-order valence-electron chi connectivity index (χ3n) is 3.63. The van der Waals surface area contributed by atoms with E-state index in [0.717, 1.165) is 12.2 Å². The van der Waals surface area contributed by atoms with Crippen LogP contribution in [0, 0.1) is 5.92 Å². The molecule has 136 valence electrons. The van der Waals surface area contributed by atoms with Gasteiger partial charge in [0.05, 0.1) is 13.7 Å². The molecule has 0 spiro atoms. The minimum absolute atomic E-state index is 0.588. The molecule has 0 heterocycles. The van der Waals surface area contributed by atoms with Gasteiger partial charge >= 0.3 is 0 Å². The predicted octanol–water partition coefficient (Wildman–Crippen LogP) is 5.12. The van der Waals surface area contributed by atoms with Crippen LogP contribution < -0.4 is 4.74 Å². The molecule has 0 saturated heterocycles. The standard InChI is InChI=1S/C15H22OS.C7H8O/c1-4-5-9-14(11-12-16-3)17-15-10-7-6-8-13(15)2;1-8-7-5-3-2-4-6-7/h5-11,13,15H,4,12H2,1-3H3;2-6H,1H3/p+1/b9-5-,14-11+;. The third-order valence-corrected chi connectivity index (χ3v) is 5.20. The van der Waals surface area contributed by atoms with Gasteiger partial charge in [0.1, 0.15) is 11.0 Å². The normalized spacial score (nSPS) is 19.6. The zero-order valence-corrected chi connectivity index (χ0v) is 16.7. The molecular formula is C22H31O2S+. The topological polar surface area (TPSA) is 18.5 Å². The van der Waals surface area contributed by atoms with Crippen molar-refractivity contribution in [3.63, 3.8) is 0 Å². The summed E-state index contributed by atoms with van der Waals surface area (Å²) in [4.78, 5) is 1.35. The molecule has 2 unspecified atom stereocenters. The molecule has 0 fully saturated rings. The lowest BCUT2D eigenvalue weighted by atomic mass is 10.0. The molecule has 0 bridgehead atoms. The number of ether oxygens (including phenoxy) is 2. The van der Waals surface area contributed by atoms with Crippen LogP contribution in [0.2, 0.25) is 0 Å². The van der Waals surface area contributed by atoms with Gasteiger partial charge in [-0.1, -0.05) is 56.4 Å². The summed E-state index contributed by atoms with van der Waals surface area (Å²) in [5.41, 5.74) is 0. The molecule has 0 aromatic heterocycles. The van der Waals surface area contributed by atoms with Crippen LogP contribution in [0.4, 0.5) is 0 Å². The summed E-state index contributed by atoms with van der Waals surface area (Å²) >= 11 is 1.37. The molecule has 3 heteroatoms. The molecule has 0 saturated carbocycles. The predicted molar refractivity (Wildman–Crippen MR) is 112 cm³/mol. The first-order valence-electron chi connectivity index (χ1n) is 8.71. The van der Waals surface area contributed by atoms with Crippen LogP contribution in [0.3, 0.4) is 0 Å². The second-order valence-electron chi connectivity index (χ2n) is 5.66. The minimum Gasteiger partial charge on any atom is -0.497 e. The van der Waals surface area contributed by atoms with Crippen molar-refractivity contribution in [2.45, 2.75) is 25.5 Å². The van der Waals surface area contributed by atoms with Crippen LogP contribution in [-0.2, 0) is 16.5 Å². The molecular weight excluding hydrogens is 328 g/mol. The van der Waals surface area contributed by atoms with Crippen molar-refractivity contribution >= 4 is 11.8 Å². The summed E-state index contributed by atoms with van der Waals surface area (Å²) in [7, 11) is 3.40. The molecule has 1 aromatic carbocycles. The molecule has 0 N–H and O–H groups in total. The fourth-order valence-electron chi connectivity index (χ4n) is 2.17. The Morgan fingerprint density at radius 3 is 2.40 bits per heavy atom. The smallest absolute Gasteiger partial charge is 0.151 e. The number of allylic oxidation sites excluding steroid dienone is 5. The zero-order chi connectivity index (χ0) is 18.3. The average molecular weight is 360 g/mol. The van der Waals surface area contributed by atoms with Crippen molar-refractivity contribution in [2.24, 2.45) is 5.92 Å². The summed E-state index contributed by atoms with van der Waals surface area (Å²) < 4.78 is 10.0. The Labute approximate surface area is 157 Å². The lowest BCUT2D eigenvalue weighted by Gasteiger charge is -2.13. The van der Waals surface area contributed by atoms with Crippen LogP contribution in [0.15, 0.2) is 77.8 Å². The van der Waals surface area contributed by atoms with Crippen molar-refractivity contribution in [3.8, 4) is 5.75 Å². The maximum atomic E-state index is 5.12. The molecule has 0 radical (unpaired) electrons. The number of rotatable bonds is 7. The highest BCUT2D eigenvalue weighted by atomic mass is 32.2.